The minimum absolute atomic E-state index is 0.00667. The Bertz CT molecular complexity index is 1640. The first-order valence-corrected chi connectivity index (χ1v) is 15.3. The fraction of sp³-hybridized carbons (Fsp3) is 0.167. The topological polar surface area (TPSA) is 94.4 Å². The minimum atomic E-state index is -0.807. The third-order valence-electron chi connectivity index (χ3n) is 5.67. The molecule has 0 unspecified atom stereocenters. The first-order chi connectivity index (χ1) is 20.1. The molecule has 1 N–H and O–H groups in total. The van der Waals surface area contributed by atoms with Crippen LogP contribution in [0.1, 0.15) is 35.3 Å². The zero-order valence-electron chi connectivity index (χ0n) is 22.3. The highest BCUT2D eigenvalue weighted by atomic mass is 79.9. The summed E-state index contributed by atoms with van der Waals surface area (Å²) in [6.07, 6.45) is 1.64. The summed E-state index contributed by atoms with van der Waals surface area (Å²) < 4.78 is 17.6. The number of rotatable bonds is 9. The summed E-state index contributed by atoms with van der Waals surface area (Å²) in [6, 6.07) is 15.1. The number of carbonyl (C=O) groups excluding carboxylic acids is 2. The van der Waals surface area contributed by atoms with Gasteiger partial charge in [0.1, 0.15) is 23.0 Å². The van der Waals surface area contributed by atoms with Crippen molar-refractivity contribution < 1.29 is 28.9 Å². The fourth-order valence-electron chi connectivity index (χ4n) is 3.79. The van der Waals surface area contributed by atoms with Crippen molar-refractivity contribution in [1.82, 2.24) is 0 Å². The molecule has 0 fully saturated rings. The van der Waals surface area contributed by atoms with Gasteiger partial charge in [-0.25, -0.2) is 9.79 Å². The summed E-state index contributed by atoms with van der Waals surface area (Å²) in [5.74, 6) is -0.928. The van der Waals surface area contributed by atoms with E-state index in [9.17, 15) is 14.7 Å². The fourth-order valence-corrected chi connectivity index (χ4v) is 5.91. The van der Waals surface area contributed by atoms with Gasteiger partial charge in [-0.05, 0) is 83.4 Å². The van der Waals surface area contributed by atoms with Crippen molar-refractivity contribution in [3.8, 4) is 11.5 Å². The van der Waals surface area contributed by atoms with Crippen LogP contribution in [0.25, 0.3) is 6.08 Å². The summed E-state index contributed by atoms with van der Waals surface area (Å²) in [6.45, 7) is 4.12. The number of amides is 1. The molecule has 7 nitrogen and oxygen atoms in total. The number of ether oxygens (including phenoxy) is 3. The summed E-state index contributed by atoms with van der Waals surface area (Å²) in [4.78, 5) is 30.0. The Morgan fingerprint density at radius 1 is 0.976 bits per heavy atom. The maximum absolute atomic E-state index is 12.9. The first kappa shape index (κ1) is 32.0. The molecule has 1 amide bonds. The Morgan fingerprint density at radius 3 is 2.43 bits per heavy atom. The summed E-state index contributed by atoms with van der Waals surface area (Å²) in [5, 5.41) is 12.1. The van der Waals surface area contributed by atoms with E-state index in [1.165, 1.54) is 6.07 Å². The lowest BCUT2D eigenvalue weighted by molar-refractivity contribution is -0.138. The molecule has 3 aromatic carbocycles. The number of esters is 1. The molecule has 1 heterocycles. The molecule has 1 aliphatic heterocycles. The predicted molar refractivity (Wildman–Crippen MR) is 171 cm³/mol. The van der Waals surface area contributed by atoms with Crippen LogP contribution >= 0.6 is 62.5 Å². The van der Waals surface area contributed by atoms with Crippen molar-refractivity contribution in [1.29, 1.82) is 0 Å². The third kappa shape index (κ3) is 7.51. The Kier molecular flexibility index (Phi) is 11.0. The SMILES string of the molecule is CCOC(=O)C1=C(O)/C(=C/c2cc(Br)c(OCc3ccc(Cl)c(Cl)c3)c(OCC)c2)SC1=NC(=O)c1ccccc1Cl. The molecular weight excluding hydrogens is 689 g/mol. The molecule has 0 saturated heterocycles. The summed E-state index contributed by atoms with van der Waals surface area (Å²) in [7, 11) is 0. The molecule has 218 valence electrons. The third-order valence-corrected chi connectivity index (χ3v) is 8.35. The summed E-state index contributed by atoms with van der Waals surface area (Å²) in [5.41, 5.74) is 1.38. The van der Waals surface area contributed by atoms with Crippen LogP contribution in [0.5, 0.6) is 11.5 Å². The van der Waals surface area contributed by atoms with E-state index in [0.29, 0.717) is 38.2 Å². The van der Waals surface area contributed by atoms with E-state index in [1.54, 1.807) is 55.5 Å². The maximum atomic E-state index is 12.9. The average molecular weight is 712 g/mol. The molecular formula is C30H23BrCl3NO6S. The molecule has 4 rings (SSSR count). The monoisotopic (exact) mass is 709 g/mol. The van der Waals surface area contributed by atoms with Crippen molar-refractivity contribution in [3.63, 3.8) is 0 Å². The van der Waals surface area contributed by atoms with Crippen LogP contribution in [0.4, 0.5) is 0 Å². The predicted octanol–water partition coefficient (Wildman–Crippen LogP) is 9.09. The van der Waals surface area contributed by atoms with Gasteiger partial charge in [-0.15, -0.1) is 0 Å². The van der Waals surface area contributed by atoms with E-state index >= 15 is 0 Å². The van der Waals surface area contributed by atoms with Gasteiger partial charge in [0.15, 0.2) is 11.5 Å². The van der Waals surface area contributed by atoms with Crippen LogP contribution < -0.4 is 9.47 Å². The van der Waals surface area contributed by atoms with Crippen molar-refractivity contribution in [3.05, 3.63) is 107 Å². The largest absolute Gasteiger partial charge is 0.506 e. The second-order valence-corrected chi connectivity index (χ2v) is 11.7. The molecule has 0 aromatic heterocycles. The molecule has 3 aromatic rings. The number of aliphatic hydroxyl groups excluding tert-OH is 1. The molecule has 1 aliphatic rings. The smallest absolute Gasteiger partial charge is 0.344 e. The minimum Gasteiger partial charge on any atom is -0.506 e. The van der Waals surface area contributed by atoms with Crippen LogP contribution in [-0.4, -0.2) is 35.2 Å². The van der Waals surface area contributed by atoms with E-state index in [4.69, 9.17) is 49.0 Å². The molecule has 0 aliphatic carbocycles. The molecule has 0 bridgehead atoms. The van der Waals surface area contributed by atoms with Crippen molar-refractivity contribution in [2.75, 3.05) is 13.2 Å². The number of carbonyl (C=O) groups is 2. The number of aliphatic imine (C=N–C) groups is 1. The normalized spacial score (nSPS) is 14.9. The van der Waals surface area contributed by atoms with Crippen molar-refractivity contribution in [2.45, 2.75) is 20.5 Å². The zero-order valence-corrected chi connectivity index (χ0v) is 26.9. The second kappa shape index (κ2) is 14.5. The Morgan fingerprint density at radius 2 is 1.74 bits per heavy atom. The van der Waals surface area contributed by atoms with Gasteiger partial charge in [0.2, 0.25) is 0 Å². The Balaban J connectivity index is 1.68. The molecule has 0 atom stereocenters. The van der Waals surface area contributed by atoms with Gasteiger partial charge >= 0.3 is 5.97 Å². The van der Waals surface area contributed by atoms with Gasteiger partial charge in [0.25, 0.3) is 5.91 Å². The van der Waals surface area contributed by atoms with E-state index in [1.807, 2.05) is 13.0 Å². The standard InChI is InChI=1S/C30H23BrCl3NO6S/c1-3-39-23-13-17(11-19(31)27(23)41-15-16-9-10-21(33)22(34)12-16)14-24-26(36)25(30(38)40-4-2)29(42-24)35-28(37)18-7-5-6-8-20(18)32/h5-14,36H,3-4,15H2,1-2H3/b24-14-,35-29?. The lowest BCUT2D eigenvalue weighted by Gasteiger charge is -2.15. The lowest BCUT2D eigenvalue weighted by Crippen LogP contribution is -2.14. The van der Waals surface area contributed by atoms with E-state index in [0.717, 1.165) is 17.3 Å². The van der Waals surface area contributed by atoms with Gasteiger partial charge < -0.3 is 19.3 Å². The van der Waals surface area contributed by atoms with Crippen LogP contribution in [0.15, 0.2) is 80.3 Å². The van der Waals surface area contributed by atoms with Crippen molar-refractivity contribution in [2.24, 2.45) is 4.99 Å². The van der Waals surface area contributed by atoms with E-state index in [2.05, 4.69) is 20.9 Å². The van der Waals surface area contributed by atoms with Crippen LogP contribution in [-0.2, 0) is 16.1 Å². The number of aliphatic hydroxyl groups is 1. The molecule has 0 saturated carbocycles. The molecule has 0 spiro atoms. The lowest BCUT2D eigenvalue weighted by atomic mass is 10.1. The zero-order chi connectivity index (χ0) is 30.4. The number of nitrogens with zero attached hydrogens (tertiary/aromatic N) is 1. The second-order valence-electron chi connectivity index (χ2n) is 8.56. The Hall–Kier alpha value is -2.95. The van der Waals surface area contributed by atoms with Crippen LogP contribution in [0, 0.1) is 0 Å². The highest BCUT2D eigenvalue weighted by Crippen LogP contribution is 2.42. The number of hydrogen-bond donors (Lipinski definition) is 1. The summed E-state index contributed by atoms with van der Waals surface area (Å²) >= 11 is 22.8. The number of benzene rings is 3. The van der Waals surface area contributed by atoms with Gasteiger partial charge in [0.05, 0.1) is 43.2 Å². The van der Waals surface area contributed by atoms with Crippen LogP contribution in [0.3, 0.4) is 0 Å². The molecule has 0 radical (unpaired) electrons. The number of hydrogen-bond acceptors (Lipinski definition) is 7. The molecule has 42 heavy (non-hydrogen) atoms. The first-order valence-electron chi connectivity index (χ1n) is 12.5. The van der Waals surface area contributed by atoms with Crippen LogP contribution in [0.2, 0.25) is 15.1 Å². The quantitative estimate of drug-likeness (QED) is 0.221. The van der Waals surface area contributed by atoms with E-state index < -0.39 is 11.9 Å². The highest BCUT2D eigenvalue weighted by Gasteiger charge is 2.34. The van der Waals surface area contributed by atoms with Gasteiger partial charge in [-0.1, -0.05) is 64.8 Å². The van der Waals surface area contributed by atoms with Gasteiger partial charge in [0, 0.05) is 0 Å². The maximum Gasteiger partial charge on any atom is 0.344 e. The Labute approximate surface area is 270 Å². The van der Waals surface area contributed by atoms with Gasteiger partial charge in [-0.3, -0.25) is 4.79 Å². The number of thioether (sulfide) groups is 1. The average Bonchev–Trinajstić information content (AvgIpc) is 3.24. The van der Waals surface area contributed by atoms with Gasteiger partial charge in [-0.2, -0.15) is 0 Å². The number of halogens is 4. The highest BCUT2D eigenvalue weighted by molar-refractivity contribution is 9.10. The van der Waals surface area contributed by atoms with E-state index in [-0.39, 0.29) is 45.1 Å². The van der Waals surface area contributed by atoms with Crippen molar-refractivity contribution >= 4 is 85.5 Å². The molecule has 12 heteroatoms.